The number of unbranched alkanes of at least 4 members (excludes halogenated alkanes) is 2. The number of rotatable bonds is 7. The SMILES string of the molecule is CCCCC[C@H]1OP(c2ccccc2)(c2ccccc2)(c2ccccc2)C1C. The average molecular weight is 391 g/mol. The standard InChI is InChI=1S/C26H31OP/c1-3-4-8-21-26-22(2)28(27-26,23-15-9-5-10-16-23,24-17-11-6-12-18-24)25-19-13-7-14-20-25/h5-7,9-20,22,26H,3-4,8,21H2,1-2H3/t22?,26-/m1/s1. The predicted octanol–water partition coefficient (Wildman–Crippen LogP) is 5.80. The van der Waals surface area contributed by atoms with Crippen LogP contribution >= 0.6 is 6.83 Å². The van der Waals surface area contributed by atoms with Crippen LogP contribution in [0, 0.1) is 0 Å². The van der Waals surface area contributed by atoms with Crippen LogP contribution in [0.25, 0.3) is 0 Å². The molecule has 1 aliphatic rings. The van der Waals surface area contributed by atoms with E-state index in [4.69, 9.17) is 4.52 Å². The van der Waals surface area contributed by atoms with E-state index in [1.807, 2.05) is 0 Å². The van der Waals surface area contributed by atoms with Crippen LogP contribution in [0.2, 0.25) is 0 Å². The van der Waals surface area contributed by atoms with Crippen LogP contribution in [0.3, 0.4) is 0 Å². The zero-order valence-electron chi connectivity index (χ0n) is 17.0. The molecule has 0 spiro atoms. The topological polar surface area (TPSA) is 9.23 Å². The Kier molecular flexibility index (Phi) is 5.41. The first-order chi connectivity index (χ1) is 13.7. The van der Waals surface area contributed by atoms with Crippen LogP contribution in [-0.4, -0.2) is 11.8 Å². The molecular formula is C26H31OP. The molecule has 0 N–H and O–H groups in total. The van der Waals surface area contributed by atoms with Gasteiger partial charge in [-0.25, -0.2) is 0 Å². The second kappa shape index (κ2) is 7.82. The van der Waals surface area contributed by atoms with Crippen LogP contribution in [-0.2, 0) is 4.52 Å². The van der Waals surface area contributed by atoms with E-state index in [1.165, 1.54) is 35.2 Å². The molecule has 1 unspecified atom stereocenters. The van der Waals surface area contributed by atoms with E-state index in [-0.39, 0.29) is 0 Å². The summed E-state index contributed by atoms with van der Waals surface area (Å²) < 4.78 is 7.26. The van der Waals surface area contributed by atoms with Crippen molar-refractivity contribution in [3.63, 3.8) is 0 Å². The van der Waals surface area contributed by atoms with Gasteiger partial charge < -0.3 is 0 Å². The normalized spacial score (nSPS) is 23.9. The van der Waals surface area contributed by atoms with Gasteiger partial charge in [-0.1, -0.05) is 0 Å². The summed E-state index contributed by atoms with van der Waals surface area (Å²) in [6.45, 7) is 1.74. The first-order valence-corrected chi connectivity index (χ1v) is 12.8. The summed E-state index contributed by atoms with van der Waals surface area (Å²) >= 11 is 0. The van der Waals surface area contributed by atoms with Gasteiger partial charge in [0.1, 0.15) is 0 Å². The van der Waals surface area contributed by atoms with Gasteiger partial charge in [0.05, 0.1) is 0 Å². The van der Waals surface area contributed by atoms with Crippen molar-refractivity contribution in [3.05, 3.63) is 91.0 Å². The molecule has 3 aromatic rings. The van der Waals surface area contributed by atoms with Gasteiger partial charge in [0.2, 0.25) is 0 Å². The fraction of sp³-hybridized carbons (Fsp3) is 0.308. The third-order valence-corrected chi connectivity index (χ3v) is 13.1. The predicted molar refractivity (Wildman–Crippen MR) is 124 cm³/mol. The Hall–Kier alpha value is -1.95. The summed E-state index contributed by atoms with van der Waals surface area (Å²) in [5.74, 6) is 0. The zero-order chi connectivity index (χ0) is 19.5. The summed E-state index contributed by atoms with van der Waals surface area (Å²) in [6, 6.07) is 33.0. The monoisotopic (exact) mass is 390 g/mol. The van der Waals surface area contributed by atoms with Gasteiger partial charge in [-0.05, 0) is 0 Å². The first-order valence-electron chi connectivity index (χ1n) is 10.6. The molecule has 0 bridgehead atoms. The van der Waals surface area contributed by atoms with E-state index in [9.17, 15) is 0 Å². The number of hydrogen-bond donors (Lipinski definition) is 0. The van der Waals surface area contributed by atoms with E-state index in [0.717, 1.165) is 6.42 Å². The molecule has 2 atom stereocenters. The van der Waals surface area contributed by atoms with Gasteiger partial charge in [-0.3, -0.25) is 0 Å². The summed E-state index contributed by atoms with van der Waals surface area (Å²) in [7, 11) is 0. The number of benzene rings is 3. The molecule has 0 amide bonds. The van der Waals surface area contributed by atoms with Gasteiger partial charge in [-0.15, -0.1) is 0 Å². The molecule has 1 saturated heterocycles. The quantitative estimate of drug-likeness (QED) is 0.366. The molecule has 1 fully saturated rings. The Morgan fingerprint density at radius 3 is 1.46 bits per heavy atom. The summed E-state index contributed by atoms with van der Waals surface area (Å²) in [5.41, 5.74) is 0.468. The van der Waals surface area contributed by atoms with Crippen molar-refractivity contribution >= 4 is 22.7 Å². The fourth-order valence-corrected chi connectivity index (χ4v) is 11.8. The second-order valence-corrected chi connectivity index (χ2v) is 12.8. The minimum atomic E-state index is -2.96. The third-order valence-electron chi connectivity index (χ3n) is 6.57. The summed E-state index contributed by atoms with van der Waals surface area (Å²) in [4.78, 5) is 0. The van der Waals surface area contributed by atoms with E-state index in [0.29, 0.717) is 11.8 Å². The van der Waals surface area contributed by atoms with Crippen molar-refractivity contribution in [2.24, 2.45) is 0 Å². The molecule has 0 radical (unpaired) electrons. The van der Waals surface area contributed by atoms with Crippen LogP contribution in [0.15, 0.2) is 91.0 Å². The van der Waals surface area contributed by atoms with Gasteiger partial charge in [-0.2, -0.15) is 0 Å². The molecular weight excluding hydrogens is 359 g/mol. The van der Waals surface area contributed by atoms with Crippen LogP contribution in [0.1, 0.15) is 39.5 Å². The molecule has 3 aromatic carbocycles. The molecule has 28 heavy (non-hydrogen) atoms. The Bertz CT molecular complexity index is 792. The molecule has 146 valence electrons. The van der Waals surface area contributed by atoms with E-state index < -0.39 is 6.83 Å². The zero-order valence-corrected chi connectivity index (χ0v) is 17.9. The maximum absolute atomic E-state index is 7.26. The number of hydrogen-bond acceptors (Lipinski definition) is 1. The Balaban J connectivity index is 1.94. The summed E-state index contributed by atoms with van der Waals surface area (Å²) in [6.07, 6.45) is 5.26. The van der Waals surface area contributed by atoms with Crippen molar-refractivity contribution in [2.45, 2.75) is 51.3 Å². The first kappa shape index (κ1) is 19.4. The molecule has 0 saturated carbocycles. The van der Waals surface area contributed by atoms with Crippen LogP contribution < -0.4 is 15.9 Å². The molecule has 0 aromatic heterocycles. The summed E-state index contributed by atoms with van der Waals surface area (Å²) in [5, 5.41) is 4.06. The van der Waals surface area contributed by atoms with Gasteiger partial charge in [0.15, 0.2) is 0 Å². The Morgan fingerprint density at radius 1 is 0.679 bits per heavy atom. The van der Waals surface area contributed by atoms with E-state index in [2.05, 4.69) is 105 Å². The van der Waals surface area contributed by atoms with Crippen molar-refractivity contribution in [1.29, 1.82) is 0 Å². The van der Waals surface area contributed by atoms with Crippen molar-refractivity contribution < 1.29 is 4.52 Å². The average Bonchev–Trinajstić information content (AvgIpc) is 2.78. The Labute approximate surface area is 169 Å². The van der Waals surface area contributed by atoms with Crippen molar-refractivity contribution in [1.82, 2.24) is 0 Å². The Morgan fingerprint density at radius 2 is 1.11 bits per heavy atom. The maximum atomic E-state index is 7.26. The van der Waals surface area contributed by atoms with Gasteiger partial charge >= 0.3 is 170 Å². The second-order valence-electron chi connectivity index (χ2n) is 7.99. The van der Waals surface area contributed by atoms with Crippen molar-refractivity contribution in [2.75, 3.05) is 0 Å². The molecule has 1 heterocycles. The van der Waals surface area contributed by atoms with E-state index >= 15 is 0 Å². The van der Waals surface area contributed by atoms with E-state index in [1.54, 1.807) is 0 Å². The third kappa shape index (κ3) is 2.68. The molecule has 0 aliphatic carbocycles. The fourth-order valence-electron chi connectivity index (χ4n) is 5.12. The molecule has 1 nitrogen and oxygen atoms in total. The molecule has 1 aliphatic heterocycles. The van der Waals surface area contributed by atoms with Crippen LogP contribution in [0.5, 0.6) is 0 Å². The van der Waals surface area contributed by atoms with Crippen LogP contribution in [0.4, 0.5) is 0 Å². The van der Waals surface area contributed by atoms with Crippen molar-refractivity contribution in [3.8, 4) is 0 Å². The molecule has 2 heteroatoms. The van der Waals surface area contributed by atoms with Gasteiger partial charge in [0.25, 0.3) is 0 Å². The minimum absolute atomic E-state index is 0.324. The van der Waals surface area contributed by atoms with Gasteiger partial charge in [0, 0.05) is 0 Å². The molecule has 4 rings (SSSR count).